The van der Waals surface area contributed by atoms with Crippen LogP contribution < -0.4 is 0 Å². The van der Waals surface area contributed by atoms with Crippen molar-refractivity contribution in [3.63, 3.8) is 0 Å². The molecule has 0 radical (unpaired) electrons. The molecule has 0 aliphatic rings. The van der Waals surface area contributed by atoms with Crippen LogP contribution in [0.5, 0.6) is 0 Å². The van der Waals surface area contributed by atoms with Crippen molar-refractivity contribution in [3.05, 3.63) is 12.2 Å². The third-order valence-corrected chi connectivity index (χ3v) is 2.51. The van der Waals surface area contributed by atoms with Gasteiger partial charge in [-0.15, -0.1) is 0 Å². The number of methoxy groups -OCH3 is 2. The zero-order chi connectivity index (χ0) is 14.1. The number of rotatable bonds is 7. The highest BCUT2D eigenvalue weighted by atomic mass is 16.5. The summed E-state index contributed by atoms with van der Waals surface area (Å²) in [5, 5.41) is 9.12. The van der Waals surface area contributed by atoms with Crippen molar-refractivity contribution in [1.82, 2.24) is 0 Å². The molecule has 104 valence electrons. The van der Waals surface area contributed by atoms with Crippen molar-refractivity contribution in [1.29, 1.82) is 0 Å². The van der Waals surface area contributed by atoms with Crippen LogP contribution in [0.4, 0.5) is 0 Å². The highest BCUT2D eigenvalue weighted by Gasteiger charge is 2.26. The largest absolute Gasteiger partial charge is 0.466 e. The Balaban J connectivity index is 4.80. The topological polar surface area (TPSA) is 82.1 Å². The summed E-state index contributed by atoms with van der Waals surface area (Å²) in [7, 11) is 2.70. The van der Waals surface area contributed by atoms with Crippen molar-refractivity contribution in [3.8, 4) is 0 Å². The molecule has 0 saturated carbocycles. The average Bonchev–Trinajstić information content (AvgIpc) is 2.34. The molecule has 3 atom stereocenters. The van der Waals surface area contributed by atoms with Crippen LogP contribution in [-0.4, -0.2) is 50.1 Å². The molecular weight excluding hydrogens is 240 g/mol. The standard InChI is InChI=1S/C12H20O6/c1-8(11(7-13)16-3)10(18-9(2)14)5-6-12(15)17-4/h5-6,8,10-11,13H,7H2,1-4H3/b6-5+/t8-,10-,11-/m0/s1. The van der Waals surface area contributed by atoms with Gasteiger partial charge in [0.05, 0.1) is 19.8 Å². The minimum atomic E-state index is -0.668. The second-order valence-corrected chi connectivity index (χ2v) is 3.77. The molecule has 6 nitrogen and oxygen atoms in total. The molecule has 1 N–H and O–H groups in total. The lowest BCUT2D eigenvalue weighted by Crippen LogP contribution is -2.35. The van der Waals surface area contributed by atoms with E-state index in [9.17, 15) is 9.59 Å². The molecule has 0 rings (SSSR count). The van der Waals surface area contributed by atoms with E-state index in [1.165, 1.54) is 33.3 Å². The third-order valence-electron chi connectivity index (χ3n) is 2.51. The van der Waals surface area contributed by atoms with Crippen molar-refractivity contribution in [2.24, 2.45) is 5.92 Å². The first-order valence-corrected chi connectivity index (χ1v) is 5.53. The highest BCUT2D eigenvalue weighted by Crippen LogP contribution is 2.16. The zero-order valence-corrected chi connectivity index (χ0v) is 11.1. The second-order valence-electron chi connectivity index (χ2n) is 3.77. The number of aliphatic hydroxyl groups is 1. The van der Waals surface area contributed by atoms with E-state index in [2.05, 4.69) is 4.74 Å². The second kappa shape index (κ2) is 8.66. The van der Waals surface area contributed by atoms with Crippen LogP contribution in [0.25, 0.3) is 0 Å². The third kappa shape index (κ3) is 5.79. The molecule has 18 heavy (non-hydrogen) atoms. The van der Waals surface area contributed by atoms with E-state index in [1.54, 1.807) is 6.92 Å². The van der Waals surface area contributed by atoms with E-state index in [-0.39, 0.29) is 12.5 Å². The lowest BCUT2D eigenvalue weighted by molar-refractivity contribution is -0.149. The van der Waals surface area contributed by atoms with E-state index in [1.807, 2.05) is 0 Å². The van der Waals surface area contributed by atoms with Crippen LogP contribution in [0.3, 0.4) is 0 Å². The molecule has 0 aromatic rings. The summed E-state index contributed by atoms with van der Waals surface area (Å²) in [6, 6.07) is 0. The van der Waals surface area contributed by atoms with Gasteiger partial charge in [-0.2, -0.15) is 0 Å². The number of ether oxygens (including phenoxy) is 3. The predicted molar refractivity (Wildman–Crippen MR) is 63.8 cm³/mol. The fraction of sp³-hybridized carbons (Fsp3) is 0.667. The quantitative estimate of drug-likeness (QED) is 0.523. The molecule has 0 bridgehead atoms. The van der Waals surface area contributed by atoms with Gasteiger partial charge in [0.25, 0.3) is 0 Å². The summed E-state index contributed by atoms with van der Waals surface area (Å²) in [6.45, 7) is 2.81. The van der Waals surface area contributed by atoms with E-state index >= 15 is 0 Å². The van der Waals surface area contributed by atoms with E-state index in [0.29, 0.717) is 0 Å². The van der Waals surface area contributed by atoms with E-state index in [0.717, 1.165) is 0 Å². The van der Waals surface area contributed by atoms with Gasteiger partial charge in [0.1, 0.15) is 6.10 Å². The van der Waals surface area contributed by atoms with Crippen LogP contribution in [0.1, 0.15) is 13.8 Å². The first kappa shape index (κ1) is 16.6. The van der Waals surface area contributed by atoms with E-state index < -0.39 is 24.1 Å². The Morgan fingerprint density at radius 1 is 1.33 bits per heavy atom. The molecule has 0 amide bonds. The van der Waals surface area contributed by atoms with Crippen molar-refractivity contribution in [2.45, 2.75) is 26.1 Å². The molecule has 6 heteroatoms. The molecule has 0 unspecified atom stereocenters. The van der Waals surface area contributed by atoms with E-state index in [4.69, 9.17) is 14.6 Å². The minimum absolute atomic E-state index is 0.207. The van der Waals surface area contributed by atoms with Gasteiger partial charge >= 0.3 is 11.9 Å². The number of carbonyl (C=O) groups is 2. The van der Waals surface area contributed by atoms with Crippen molar-refractivity contribution < 1.29 is 28.9 Å². The van der Waals surface area contributed by atoms with Gasteiger partial charge < -0.3 is 19.3 Å². The molecule has 0 aromatic heterocycles. The smallest absolute Gasteiger partial charge is 0.330 e. The lowest BCUT2D eigenvalue weighted by atomic mass is 9.97. The summed E-state index contributed by atoms with van der Waals surface area (Å²) in [4.78, 5) is 22.0. The fourth-order valence-electron chi connectivity index (χ4n) is 1.42. The predicted octanol–water partition coefficient (Wildman–Crippen LogP) is 0.291. The first-order chi connectivity index (χ1) is 8.46. The Hall–Kier alpha value is -1.40. The summed E-state index contributed by atoms with van der Waals surface area (Å²) in [5.74, 6) is -1.32. The van der Waals surface area contributed by atoms with Gasteiger partial charge in [-0.1, -0.05) is 6.92 Å². The van der Waals surface area contributed by atoms with Gasteiger partial charge in [0.2, 0.25) is 0 Å². The van der Waals surface area contributed by atoms with Gasteiger partial charge in [-0.3, -0.25) is 4.79 Å². The number of carbonyl (C=O) groups excluding carboxylic acids is 2. The Morgan fingerprint density at radius 3 is 2.33 bits per heavy atom. The summed E-state index contributed by atoms with van der Waals surface area (Å²) < 4.78 is 14.6. The molecule has 0 fully saturated rings. The summed E-state index contributed by atoms with van der Waals surface area (Å²) >= 11 is 0. The molecular formula is C12H20O6. The SMILES string of the molecule is COC(=O)/C=C/[C@H](OC(C)=O)[C@H](C)[C@H](CO)OC. The Bertz CT molecular complexity index is 295. The lowest BCUT2D eigenvalue weighted by Gasteiger charge is -2.26. The number of hydrogen-bond donors (Lipinski definition) is 1. The van der Waals surface area contributed by atoms with Crippen LogP contribution >= 0.6 is 0 Å². The number of hydrogen-bond acceptors (Lipinski definition) is 6. The first-order valence-electron chi connectivity index (χ1n) is 5.53. The monoisotopic (exact) mass is 260 g/mol. The normalized spacial score (nSPS) is 16.1. The molecule has 0 saturated heterocycles. The Labute approximate surface area is 107 Å². The van der Waals surface area contributed by atoms with Crippen LogP contribution in [0.2, 0.25) is 0 Å². The number of esters is 2. The maximum absolute atomic E-state index is 11.0. The Kier molecular flexibility index (Phi) is 7.98. The molecule has 0 aliphatic carbocycles. The van der Waals surface area contributed by atoms with Gasteiger partial charge in [0, 0.05) is 26.0 Å². The van der Waals surface area contributed by atoms with Gasteiger partial charge in [0.15, 0.2) is 0 Å². The van der Waals surface area contributed by atoms with Crippen LogP contribution in [0.15, 0.2) is 12.2 Å². The molecule has 0 aliphatic heterocycles. The summed E-state index contributed by atoms with van der Waals surface area (Å²) in [6.07, 6.45) is 1.43. The average molecular weight is 260 g/mol. The zero-order valence-electron chi connectivity index (χ0n) is 11.1. The van der Waals surface area contributed by atoms with Crippen molar-refractivity contribution >= 4 is 11.9 Å². The highest BCUT2D eigenvalue weighted by molar-refractivity contribution is 5.81. The molecule has 0 aromatic carbocycles. The molecule has 0 spiro atoms. The maximum atomic E-state index is 11.0. The van der Waals surface area contributed by atoms with Crippen molar-refractivity contribution in [2.75, 3.05) is 20.8 Å². The van der Waals surface area contributed by atoms with Crippen LogP contribution in [-0.2, 0) is 23.8 Å². The Morgan fingerprint density at radius 2 is 1.94 bits per heavy atom. The fourth-order valence-corrected chi connectivity index (χ4v) is 1.42. The summed E-state index contributed by atoms with van der Waals surface area (Å²) in [5.41, 5.74) is 0. The number of aliphatic hydroxyl groups excluding tert-OH is 1. The minimum Gasteiger partial charge on any atom is -0.466 e. The van der Waals surface area contributed by atoms with Gasteiger partial charge in [-0.05, 0) is 6.08 Å². The maximum Gasteiger partial charge on any atom is 0.330 e. The van der Waals surface area contributed by atoms with Gasteiger partial charge in [-0.25, -0.2) is 4.79 Å². The molecule has 0 heterocycles. The van der Waals surface area contributed by atoms with Crippen LogP contribution in [0, 0.1) is 5.92 Å².